The summed E-state index contributed by atoms with van der Waals surface area (Å²) in [6.45, 7) is 5.15. The van der Waals surface area contributed by atoms with E-state index in [1.807, 2.05) is 0 Å². The second-order valence-corrected chi connectivity index (χ2v) is 3.58. The molecule has 0 spiro atoms. The standard InChI is InChI=1S/C9H23N3/c1-5-9(8-10)12(4)7-6-11(2)3/h9H,5-8,10H2,1-4H3. The number of likely N-dealkylation sites (N-methyl/N-ethyl adjacent to an activating group) is 2. The van der Waals surface area contributed by atoms with E-state index in [0.717, 1.165) is 26.1 Å². The lowest BCUT2D eigenvalue weighted by Crippen LogP contribution is -2.40. The van der Waals surface area contributed by atoms with Crippen LogP contribution in [0.3, 0.4) is 0 Å². The van der Waals surface area contributed by atoms with Gasteiger partial charge in [0.1, 0.15) is 0 Å². The van der Waals surface area contributed by atoms with E-state index in [1.165, 1.54) is 0 Å². The van der Waals surface area contributed by atoms with Crippen molar-refractivity contribution in [2.45, 2.75) is 19.4 Å². The Hall–Kier alpha value is -0.120. The van der Waals surface area contributed by atoms with Crippen molar-refractivity contribution < 1.29 is 0 Å². The molecule has 12 heavy (non-hydrogen) atoms. The third-order valence-corrected chi connectivity index (χ3v) is 2.27. The summed E-state index contributed by atoms with van der Waals surface area (Å²) in [5.41, 5.74) is 5.64. The van der Waals surface area contributed by atoms with E-state index in [1.54, 1.807) is 0 Å². The monoisotopic (exact) mass is 173 g/mol. The first-order valence-electron chi connectivity index (χ1n) is 4.66. The van der Waals surface area contributed by atoms with Gasteiger partial charge in [0.15, 0.2) is 0 Å². The molecule has 0 amide bonds. The maximum Gasteiger partial charge on any atom is 0.0213 e. The molecule has 0 aliphatic heterocycles. The zero-order chi connectivity index (χ0) is 9.56. The molecule has 74 valence electrons. The van der Waals surface area contributed by atoms with Gasteiger partial charge in [0.25, 0.3) is 0 Å². The molecule has 0 fully saturated rings. The van der Waals surface area contributed by atoms with Gasteiger partial charge in [0, 0.05) is 25.7 Å². The smallest absolute Gasteiger partial charge is 0.0213 e. The lowest BCUT2D eigenvalue weighted by Gasteiger charge is -2.26. The summed E-state index contributed by atoms with van der Waals surface area (Å²) in [5.74, 6) is 0. The molecule has 0 saturated heterocycles. The van der Waals surface area contributed by atoms with Crippen LogP contribution in [0.15, 0.2) is 0 Å². The normalized spacial score (nSPS) is 14.2. The Labute approximate surface area is 76.5 Å². The van der Waals surface area contributed by atoms with Crippen molar-refractivity contribution in [1.29, 1.82) is 0 Å². The summed E-state index contributed by atoms with van der Waals surface area (Å²) in [6, 6.07) is 0.546. The van der Waals surface area contributed by atoms with Crippen LogP contribution in [0.4, 0.5) is 0 Å². The zero-order valence-corrected chi connectivity index (χ0v) is 8.88. The molecule has 0 heterocycles. The summed E-state index contributed by atoms with van der Waals surface area (Å²) < 4.78 is 0. The van der Waals surface area contributed by atoms with Crippen LogP contribution < -0.4 is 5.73 Å². The predicted octanol–water partition coefficient (Wildman–Crippen LogP) is 0.217. The molecular formula is C9H23N3. The first-order chi connectivity index (χ1) is 5.61. The van der Waals surface area contributed by atoms with Crippen molar-refractivity contribution in [3.63, 3.8) is 0 Å². The van der Waals surface area contributed by atoms with Crippen LogP contribution in [0.2, 0.25) is 0 Å². The average molecular weight is 173 g/mol. The van der Waals surface area contributed by atoms with E-state index in [9.17, 15) is 0 Å². The average Bonchev–Trinajstić information content (AvgIpc) is 2.03. The van der Waals surface area contributed by atoms with E-state index in [0.29, 0.717) is 6.04 Å². The third-order valence-electron chi connectivity index (χ3n) is 2.27. The molecule has 0 bridgehead atoms. The van der Waals surface area contributed by atoms with E-state index < -0.39 is 0 Å². The maximum absolute atomic E-state index is 5.64. The molecule has 0 aromatic heterocycles. The van der Waals surface area contributed by atoms with Gasteiger partial charge >= 0.3 is 0 Å². The molecule has 0 aromatic rings. The van der Waals surface area contributed by atoms with Crippen molar-refractivity contribution in [3.8, 4) is 0 Å². The zero-order valence-electron chi connectivity index (χ0n) is 8.88. The number of hydrogen-bond acceptors (Lipinski definition) is 3. The number of hydrogen-bond donors (Lipinski definition) is 1. The molecule has 1 atom stereocenters. The summed E-state index contributed by atoms with van der Waals surface area (Å²) in [7, 11) is 6.33. The van der Waals surface area contributed by atoms with Gasteiger partial charge < -0.3 is 15.5 Å². The largest absolute Gasteiger partial charge is 0.329 e. The van der Waals surface area contributed by atoms with E-state index in [2.05, 4.69) is 37.9 Å². The SMILES string of the molecule is CCC(CN)N(C)CCN(C)C. The number of rotatable bonds is 6. The van der Waals surface area contributed by atoms with Crippen LogP contribution in [0.5, 0.6) is 0 Å². The molecule has 0 aliphatic rings. The van der Waals surface area contributed by atoms with Gasteiger partial charge in [-0.1, -0.05) is 6.92 Å². The Morgan fingerprint density at radius 1 is 1.17 bits per heavy atom. The van der Waals surface area contributed by atoms with Gasteiger partial charge in [-0.05, 0) is 27.6 Å². The van der Waals surface area contributed by atoms with Crippen molar-refractivity contribution in [1.82, 2.24) is 9.80 Å². The minimum absolute atomic E-state index is 0.546. The van der Waals surface area contributed by atoms with Gasteiger partial charge in [-0.3, -0.25) is 0 Å². The van der Waals surface area contributed by atoms with E-state index in [-0.39, 0.29) is 0 Å². The summed E-state index contributed by atoms with van der Waals surface area (Å²) in [6.07, 6.45) is 1.14. The second kappa shape index (κ2) is 6.40. The molecule has 3 nitrogen and oxygen atoms in total. The highest BCUT2D eigenvalue weighted by molar-refractivity contribution is 4.68. The Kier molecular flexibility index (Phi) is 6.34. The highest BCUT2D eigenvalue weighted by atomic mass is 15.2. The molecule has 0 saturated carbocycles. The summed E-state index contributed by atoms with van der Waals surface area (Å²) >= 11 is 0. The fourth-order valence-corrected chi connectivity index (χ4v) is 1.20. The molecule has 0 radical (unpaired) electrons. The van der Waals surface area contributed by atoms with Gasteiger partial charge in [-0.2, -0.15) is 0 Å². The first-order valence-corrected chi connectivity index (χ1v) is 4.66. The van der Waals surface area contributed by atoms with E-state index >= 15 is 0 Å². The minimum Gasteiger partial charge on any atom is -0.329 e. The molecule has 0 aliphatic carbocycles. The summed E-state index contributed by atoms with van der Waals surface area (Å²) in [4.78, 5) is 4.53. The highest BCUT2D eigenvalue weighted by Gasteiger charge is 2.09. The lowest BCUT2D eigenvalue weighted by molar-refractivity contribution is 0.216. The topological polar surface area (TPSA) is 32.5 Å². The Morgan fingerprint density at radius 2 is 1.75 bits per heavy atom. The Morgan fingerprint density at radius 3 is 2.08 bits per heavy atom. The second-order valence-electron chi connectivity index (χ2n) is 3.58. The molecule has 0 rings (SSSR count). The molecular weight excluding hydrogens is 150 g/mol. The third kappa shape index (κ3) is 4.70. The van der Waals surface area contributed by atoms with Crippen molar-refractivity contribution in [2.24, 2.45) is 5.73 Å². The molecule has 2 N–H and O–H groups in total. The lowest BCUT2D eigenvalue weighted by atomic mass is 10.2. The maximum atomic E-state index is 5.64. The van der Waals surface area contributed by atoms with Crippen molar-refractivity contribution in [2.75, 3.05) is 40.8 Å². The van der Waals surface area contributed by atoms with Crippen LogP contribution in [0, 0.1) is 0 Å². The van der Waals surface area contributed by atoms with Crippen LogP contribution in [-0.2, 0) is 0 Å². The van der Waals surface area contributed by atoms with Crippen molar-refractivity contribution >= 4 is 0 Å². The Balaban J connectivity index is 3.61. The molecule has 1 unspecified atom stereocenters. The van der Waals surface area contributed by atoms with Crippen LogP contribution in [0.1, 0.15) is 13.3 Å². The van der Waals surface area contributed by atoms with Gasteiger partial charge in [0.05, 0.1) is 0 Å². The van der Waals surface area contributed by atoms with Crippen LogP contribution >= 0.6 is 0 Å². The quantitative estimate of drug-likeness (QED) is 0.623. The van der Waals surface area contributed by atoms with Gasteiger partial charge in [-0.15, -0.1) is 0 Å². The first kappa shape index (κ1) is 11.9. The molecule has 0 aromatic carbocycles. The van der Waals surface area contributed by atoms with Crippen LogP contribution in [-0.4, -0.2) is 56.6 Å². The number of nitrogens with two attached hydrogens (primary N) is 1. The predicted molar refractivity (Wildman–Crippen MR) is 54.3 cm³/mol. The highest BCUT2D eigenvalue weighted by Crippen LogP contribution is 1.98. The minimum atomic E-state index is 0.546. The van der Waals surface area contributed by atoms with Gasteiger partial charge in [0.2, 0.25) is 0 Å². The van der Waals surface area contributed by atoms with E-state index in [4.69, 9.17) is 5.73 Å². The Bertz CT molecular complexity index is 99.9. The van der Waals surface area contributed by atoms with Gasteiger partial charge in [-0.25, -0.2) is 0 Å². The molecule has 3 heteroatoms. The number of nitrogens with zero attached hydrogens (tertiary/aromatic N) is 2. The fraction of sp³-hybridized carbons (Fsp3) is 1.00. The fourth-order valence-electron chi connectivity index (χ4n) is 1.20. The van der Waals surface area contributed by atoms with Crippen LogP contribution in [0.25, 0.3) is 0 Å². The van der Waals surface area contributed by atoms with Crippen molar-refractivity contribution in [3.05, 3.63) is 0 Å². The summed E-state index contributed by atoms with van der Waals surface area (Å²) in [5, 5.41) is 0.